The molecule has 2 aliphatic rings. The first-order valence-corrected chi connectivity index (χ1v) is 25.1. The summed E-state index contributed by atoms with van der Waals surface area (Å²) in [6.45, 7) is 18.0. The van der Waals surface area contributed by atoms with Crippen molar-refractivity contribution in [2.75, 3.05) is 7.11 Å². The van der Waals surface area contributed by atoms with Crippen LogP contribution >= 0.6 is 17.0 Å². The molecule has 0 fully saturated rings. The van der Waals surface area contributed by atoms with Gasteiger partial charge >= 0.3 is 284 Å². The standard InChI is InChI=1S/C21H23O.C20H21.2ClH.Zr/c1-14-11-16-13-18(21(2,3)4)20(22-5)19(17(16)12-14)15-9-7-6-8-10-15;1-14-12-16-6-5-7-18(19(16)13-14)15-8-10-17(11-9-15)20(2,3)4;;;/h6-13H,1-5H3;5-13H,1-4H3;2*1H;/q;;;;+2/p-2. The van der Waals surface area contributed by atoms with E-state index in [1.165, 1.54) is 55.7 Å². The van der Waals surface area contributed by atoms with Gasteiger partial charge in [0.15, 0.2) is 0 Å². The number of rotatable bonds is 5. The third kappa shape index (κ3) is 5.64. The van der Waals surface area contributed by atoms with Crippen molar-refractivity contribution in [1.82, 2.24) is 0 Å². The monoisotopic (exact) mass is 712 g/mol. The van der Waals surface area contributed by atoms with Gasteiger partial charge in [0.05, 0.1) is 0 Å². The van der Waals surface area contributed by atoms with E-state index in [1.54, 1.807) is 7.11 Å². The van der Waals surface area contributed by atoms with Crippen LogP contribution in [0.5, 0.6) is 5.75 Å². The maximum atomic E-state index is 7.96. The average Bonchev–Trinajstić information content (AvgIpc) is 3.51. The minimum absolute atomic E-state index is 0.0149. The predicted molar refractivity (Wildman–Crippen MR) is 192 cm³/mol. The van der Waals surface area contributed by atoms with E-state index in [2.05, 4.69) is 146 Å². The van der Waals surface area contributed by atoms with Crippen LogP contribution in [-0.4, -0.2) is 7.11 Å². The van der Waals surface area contributed by atoms with Crippen LogP contribution in [0.3, 0.4) is 0 Å². The molecular weight excluding hydrogens is 671 g/mol. The van der Waals surface area contributed by atoms with E-state index in [-0.39, 0.29) is 18.1 Å². The molecule has 1 nitrogen and oxygen atoms in total. The molecule has 0 radical (unpaired) electrons. The van der Waals surface area contributed by atoms with Gasteiger partial charge in [-0.05, 0) is 0 Å². The number of benzene rings is 4. The van der Waals surface area contributed by atoms with Crippen molar-refractivity contribution < 1.29 is 22.6 Å². The van der Waals surface area contributed by atoms with Crippen LogP contribution in [0.15, 0.2) is 90.0 Å². The molecule has 0 spiro atoms. The molecule has 0 saturated heterocycles. The Morgan fingerprint density at radius 2 is 1.24 bits per heavy atom. The summed E-state index contributed by atoms with van der Waals surface area (Å²) in [5.74, 6) is 0.937. The van der Waals surface area contributed by atoms with Crippen LogP contribution < -0.4 is 4.74 Å². The third-order valence-electron chi connectivity index (χ3n) is 9.67. The van der Waals surface area contributed by atoms with Gasteiger partial charge in [-0.15, -0.1) is 0 Å². The van der Waals surface area contributed by atoms with E-state index in [0.29, 0.717) is 0 Å². The molecule has 232 valence electrons. The second-order valence-corrected chi connectivity index (χ2v) is 29.6. The topological polar surface area (TPSA) is 9.23 Å². The van der Waals surface area contributed by atoms with E-state index in [4.69, 9.17) is 21.8 Å². The maximum absolute atomic E-state index is 7.96. The van der Waals surface area contributed by atoms with Crippen LogP contribution in [0.4, 0.5) is 0 Å². The van der Waals surface area contributed by atoms with Crippen LogP contribution in [-0.2, 0) is 28.7 Å². The molecule has 0 bridgehead atoms. The molecule has 6 rings (SSSR count). The predicted octanol–water partition coefficient (Wildman–Crippen LogP) is 12.7. The van der Waals surface area contributed by atoms with Crippen LogP contribution in [0.2, 0.25) is 0 Å². The number of allylic oxidation sites excluding steroid dienone is 2. The van der Waals surface area contributed by atoms with Gasteiger partial charge < -0.3 is 0 Å². The Morgan fingerprint density at radius 3 is 1.82 bits per heavy atom. The number of hydrogen-bond acceptors (Lipinski definition) is 1. The normalized spacial score (nSPS) is 17.9. The molecule has 2 atom stereocenters. The van der Waals surface area contributed by atoms with Gasteiger partial charge in [0.25, 0.3) is 0 Å². The Kier molecular flexibility index (Phi) is 8.47. The molecule has 45 heavy (non-hydrogen) atoms. The van der Waals surface area contributed by atoms with Crippen molar-refractivity contribution in [2.45, 2.75) is 73.5 Å². The molecule has 0 heterocycles. The van der Waals surface area contributed by atoms with E-state index < -0.39 is 17.9 Å². The number of ether oxygens (including phenoxy) is 1. The Bertz CT molecular complexity index is 1830. The van der Waals surface area contributed by atoms with Crippen molar-refractivity contribution >= 4 is 29.2 Å². The van der Waals surface area contributed by atoms with E-state index >= 15 is 0 Å². The molecule has 4 aromatic rings. The first kappa shape index (κ1) is 32.6. The Balaban J connectivity index is 1.50. The molecule has 4 heteroatoms. The Hall–Kier alpha value is -2.38. The SMILES string of the molecule is COc1c(C(C)(C)C)cc2c(c1-c1ccccc1)C=C(C)[CH]2[Zr]([Cl])([Cl])[CH]1C(C)=Cc2c(-c3ccc(C(C)(C)C)cc3)cccc21. The van der Waals surface area contributed by atoms with Gasteiger partial charge in [-0.25, -0.2) is 0 Å². The fourth-order valence-corrected chi connectivity index (χ4v) is 21.8. The Morgan fingerprint density at radius 1 is 0.644 bits per heavy atom. The first-order chi connectivity index (χ1) is 21.1. The minimum atomic E-state index is -4.10. The summed E-state index contributed by atoms with van der Waals surface area (Å²) >= 11 is -4.10. The van der Waals surface area contributed by atoms with Crippen LogP contribution in [0.1, 0.15) is 96.0 Å². The fourth-order valence-electron chi connectivity index (χ4n) is 7.45. The van der Waals surface area contributed by atoms with Crippen LogP contribution in [0.25, 0.3) is 34.4 Å². The summed E-state index contributed by atoms with van der Waals surface area (Å²) < 4.78 is 6.26. The Labute approximate surface area is 281 Å². The summed E-state index contributed by atoms with van der Waals surface area (Å²) in [5, 5.41) is 0. The zero-order valence-corrected chi connectivity index (χ0v) is 31.9. The van der Waals surface area contributed by atoms with Crippen molar-refractivity contribution in [2.24, 2.45) is 0 Å². The van der Waals surface area contributed by atoms with Crippen molar-refractivity contribution in [1.29, 1.82) is 0 Å². The van der Waals surface area contributed by atoms with E-state index in [0.717, 1.165) is 16.9 Å². The van der Waals surface area contributed by atoms with Gasteiger partial charge in [0.2, 0.25) is 0 Å². The molecular formula is C41H44Cl2OZr. The van der Waals surface area contributed by atoms with Gasteiger partial charge in [-0.1, -0.05) is 0 Å². The number of hydrogen-bond donors (Lipinski definition) is 0. The van der Waals surface area contributed by atoms with Gasteiger partial charge in [-0.2, -0.15) is 0 Å². The summed E-state index contributed by atoms with van der Waals surface area (Å²) in [7, 11) is 17.7. The van der Waals surface area contributed by atoms with Gasteiger partial charge in [-0.3, -0.25) is 0 Å². The second-order valence-electron chi connectivity index (χ2n) is 14.9. The number of methoxy groups -OCH3 is 1. The van der Waals surface area contributed by atoms with Gasteiger partial charge in [0.1, 0.15) is 0 Å². The second kappa shape index (κ2) is 11.7. The summed E-state index contributed by atoms with van der Waals surface area (Å²) in [5.41, 5.74) is 14.8. The first-order valence-electron chi connectivity index (χ1n) is 15.9. The summed E-state index contributed by atoms with van der Waals surface area (Å²) in [6, 6.07) is 28.7. The molecule has 0 amide bonds. The molecule has 0 saturated carbocycles. The van der Waals surface area contributed by atoms with Crippen molar-refractivity contribution in [3.8, 4) is 28.0 Å². The molecule has 2 aliphatic carbocycles. The van der Waals surface area contributed by atoms with Crippen molar-refractivity contribution in [3.63, 3.8) is 0 Å². The average molecular weight is 715 g/mol. The van der Waals surface area contributed by atoms with E-state index in [1.807, 2.05) is 0 Å². The fraction of sp³-hybridized carbons (Fsp3) is 0.317. The van der Waals surface area contributed by atoms with E-state index in [9.17, 15) is 0 Å². The number of fused-ring (bicyclic) bond motifs is 2. The number of halogens is 2. The molecule has 0 aromatic heterocycles. The summed E-state index contributed by atoms with van der Waals surface area (Å²) in [4.78, 5) is 0. The van der Waals surface area contributed by atoms with Crippen molar-refractivity contribution in [3.05, 3.63) is 123 Å². The zero-order chi connectivity index (χ0) is 32.5. The van der Waals surface area contributed by atoms with Gasteiger partial charge in [0, 0.05) is 0 Å². The molecule has 2 unspecified atom stereocenters. The third-order valence-corrected chi connectivity index (χ3v) is 22.4. The molecule has 0 N–H and O–H groups in total. The quantitative estimate of drug-likeness (QED) is 0.200. The zero-order valence-electron chi connectivity index (χ0n) is 28.0. The molecule has 0 aliphatic heterocycles. The summed E-state index contributed by atoms with van der Waals surface area (Å²) in [6.07, 6.45) is 4.68. The molecule has 4 aromatic carbocycles. The van der Waals surface area contributed by atoms with Crippen LogP contribution in [0, 0.1) is 0 Å².